The third-order valence-electron chi connectivity index (χ3n) is 4.83. The molecule has 1 fully saturated rings. The lowest BCUT2D eigenvalue weighted by atomic mass is 10.0. The van der Waals surface area contributed by atoms with Gasteiger partial charge >= 0.3 is 0 Å². The van der Waals surface area contributed by atoms with Crippen molar-refractivity contribution >= 4 is 28.3 Å². The van der Waals surface area contributed by atoms with Crippen LogP contribution in [-0.4, -0.2) is 46.0 Å². The Morgan fingerprint density at radius 1 is 1.12 bits per heavy atom. The zero-order valence-electron chi connectivity index (χ0n) is 14.1. The third-order valence-corrected chi connectivity index (χ3v) is 5.11. The summed E-state index contributed by atoms with van der Waals surface area (Å²) in [6.45, 7) is 4.29. The van der Waals surface area contributed by atoms with Crippen molar-refractivity contribution in [2.24, 2.45) is 15.9 Å². The van der Waals surface area contributed by atoms with Gasteiger partial charge in [0.25, 0.3) is 0 Å². The Labute approximate surface area is 154 Å². The second kappa shape index (κ2) is 6.68. The zero-order valence-corrected chi connectivity index (χ0v) is 14.8. The molecule has 3 heterocycles. The molecule has 3 aliphatic rings. The summed E-state index contributed by atoms with van der Waals surface area (Å²) in [4.78, 5) is 8.49. The van der Waals surface area contributed by atoms with Gasteiger partial charge in [-0.3, -0.25) is 0 Å². The molecule has 5 nitrogen and oxygen atoms in total. The Balaban J connectivity index is 1.68. The first-order valence-electron chi connectivity index (χ1n) is 8.41. The number of benzene rings is 1. The molecule has 0 saturated carbocycles. The number of guanidine groups is 1. The van der Waals surface area contributed by atoms with Crippen LogP contribution in [0.15, 0.2) is 28.3 Å². The maximum absolute atomic E-state index is 14.2. The first-order chi connectivity index (χ1) is 12.4. The van der Waals surface area contributed by atoms with E-state index in [1.165, 1.54) is 6.20 Å². The first kappa shape index (κ1) is 17.5. The largest absolute Gasteiger partial charge is 0.243 e. The van der Waals surface area contributed by atoms with E-state index >= 15 is 0 Å². The first-order valence-corrected chi connectivity index (χ1v) is 8.79. The minimum Gasteiger partial charge on any atom is -0.232 e. The number of fused-ring (bicyclic) bond motifs is 1. The third kappa shape index (κ3) is 3.02. The molecule has 0 atom stereocenters. The molecule has 3 aliphatic heterocycles. The smallest absolute Gasteiger partial charge is 0.232 e. The topological polar surface area (TPSA) is 34.4 Å². The fourth-order valence-electron chi connectivity index (χ4n) is 3.32. The van der Waals surface area contributed by atoms with E-state index in [4.69, 9.17) is 11.6 Å². The van der Waals surface area contributed by atoms with Gasteiger partial charge in [-0.05, 0) is 18.8 Å². The van der Waals surface area contributed by atoms with E-state index in [1.807, 2.05) is 5.12 Å². The average molecular weight is 384 g/mol. The van der Waals surface area contributed by atoms with Crippen LogP contribution >= 0.6 is 11.6 Å². The molecule has 9 heteroatoms. The molecular formula is C17H17ClF3N5. The highest BCUT2D eigenvalue weighted by atomic mass is 35.5. The molecule has 0 radical (unpaired) electrons. The summed E-state index contributed by atoms with van der Waals surface area (Å²) >= 11 is 6.14. The van der Waals surface area contributed by atoms with Gasteiger partial charge in [-0.1, -0.05) is 18.5 Å². The molecule has 0 bridgehead atoms. The minimum atomic E-state index is -1.03. The summed E-state index contributed by atoms with van der Waals surface area (Å²) in [7, 11) is 0. The Bertz CT molecular complexity index is 807. The van der Waals surface area contributed by atoms with Crippen LogP contribution in [0.4, 0.5) is 13.2 Å². The van der Waals surface area contributed by atoms with Gasteiger partial charge in [-0.15, -0.1) is 5.12 Å². The number of allylic oxidation sites excluding steroid dienone is 1. The molecule has 138 valence electrons. The molecule has 0 aliphatic carbocycles. The number of piperidine rings is 1. The normalized spacial score (nSPS) is 22.2. The molecule has 0 N–H and O–H groups in total. The van der Waals surface area contributed by atoms with Crippen LogP contribution in [0, 0.1) is 23.4 Å². The lowest BCUT2D eigenvalue weighted by Crippen LogP contribution is -2.52. The van der Waals surface area contributed by atoms with E-state index < -0.39 is 23.0 Å². The highest BCUT2D eigenvalue weighted by Crippen LogP contribution is 2.31. The van der Waals surface area contributed by atoms with Gasteiger partial charge in [0.1, 0.15) is 29.3 Å². The van der Waals surface area contributed by atoms with Crippen molar-refractivity contribution in [2.75, 3.05) is 19.8 Å². The van der Waals surface area contributed by atoms with Gasteiger partial charge in [0.05, 0.1) is 5.56 Å². The van der Waals surface area contributed by atoms with E-state index in [0.717, 1.165) is 25.9 Å². The minimum absolute atomic E-state index is 0.0536. The van der Waals surface area contributed by atoms with Crippen molar-refractivity contribution in [3.8, 4) is 0 Å². The standard InChI is InChI=1S/C17H17ClF3N5/c1-10-2-4-24(5-3-10)26-9-22-17-23-16(18)12(8-25(17)26)15-13(20)6-11(19)7-14(15)21/h6-8,10H,2-5,9H2,1H3. The fourth-order valence-corrected chi connectivity index (χ4v) is 3.54. The van der Waals surface area contributed by atoms with E-state index in [2.05, 4.69) is 21.9 Å². The zero-order chi connectivity index (χ0) is 18.4. The summed E-state index contributed by atoms with van der Waals surface area (Å²) in [5.41, 5.74) is -0.351. The monoisotopic (exact) mass is 383 g/mol. The molecule has 1 aromatic rings. The maximum atomic E-state index is 14.2. The quantitative estimate of drug-likeness (QED) is 0.782. The number of halogens is 4. The van der Waals surface area contributed by atoms with Crippen molar-refractivity contribution in [2.45, 2.75) is 19.8 Å². The average Bonchev–Trinajstić information content (AvgIpc) is 2.97. The predicted molar refractivity (Wildman–Crippen MR) is 93.5 cm³/mol. The summed E-state index contributed by atoms with van der Waals surface area (Å²) in [6.07, 6.45) is 3.61. The van der Waals surface area contributed by atoms with Gasteiger partial charge < -0.3 is 0 Å². The van der Waals surface area contributed by atoms with Crippen molar-refractivity contribution in [3.05, 3.63) is 41.3 Å². The SMILES string of the molecule is CC1CCN(N2CN=C3N=C(Cl)C(c4c(F)cc(F)cc4F)=CN32)CC1. The second-order valence-corrected chi connectivity index (χ2v) is 7.00. The Hall–Kier alpha value is -1.90. The van der Waals surface area contributed by atoms with Gasteiger partial charge in [0.2, 0.25) is 5.96 Å². The number of hydrogen-bond acceptors (Lipinski definition) is 5. The van der Waals surface area contributed by atoms with E-state index in [9.17, 15) is 13.2 Å². The molecule has 4 rings (SSSR count). The van der Waals surface area contributed by atoms with Crippen molar-refractivity contribution in [1.29, 1.82) is 0 Å². The number of aliphatic imine (C=N–C) groups is 2. The number of nitrogens with zero attached hydrogens (tertiary/aromatic N) is 5. The number of hydrazine groups is 2. The molecule has 0 amide bonds. The van der Waals surface area contributed by atoms with Gasteiger partial charge in [-0.2, -0.15) is 4.99 Å². The van der Waals surface area contributed by atoms with Gasteiger partial charge in [-0.25, -0.2) is 28.2 Å². The van der Waals surface area contributed by atoms with E-state index in [0.29, 0.717) is 30.7 Å². The lowest BCUT2D eigenvalue weighted by molar-refractivity contribution is -0.127. The molecule has 1 saturated heterocycles. The van der Waals surface area contributed by atoms with Crippen molar-refractivity contribution in [1.82, 2.24) is 15.1 Å². The summed E-state index contributed by atoms with van der Waals surface area (Å²) in [6, 6.07) is 1.25. The van der Waals surface area contributed by atoms with Crippen LogP contribution in [-0.2, 0) is 0 Å². The highest BCUT2D eigenvalue weighted by Gasteiger charge is 2.35. The summed E-state index contributed by atoms with van der Waals surface area (Å²) in [5.74, 6) is -2.02. The van der Waals surface area contributed by atoms with Crippen LogP contribution in [0.2, 0.25) is 0 Å². The van der Waals surface area contributed by atoms with E-state index in [-0.39, 0.29) is 10.7 Å². The second-order valence-electron chi connectivity index (χ2n) is 6.64. The Morgan fingerprint density at radius 3 is 2.42 bits per heavy atom. The highest BCUT2D eigenvalue weighted by molar-refractivity contribution is 6.77. The van der Waals surface area contributed by atoms with Crippen LogP contribution in [0.25, 0.3) is 5.57 Å². The molecular weight excluding hydrogens is 367 g/mol. The lowest BCUT2D eigenvalue weighted by Gasteiger charge is -2.40. The van der Waals surface area contributed by atoms with E-state index in [1.54, 1.807) is 5.01 Å². The van der Waals surface area contributed by atoms with Crippen molar-refractivity contribution < 1.29 is 13.2 Å². The molecule has 0 aromatic heterocycles. The number of rotatable bonds is 2. The van der Waals surface area contributed by atoms with Crippen LogP contribution in [0.3, 0.4) is 0 Å². The Morgan fingerprint density at radius 2 is 1.77 bits per heavy atom. The summed E-state index contributed by atoms with van der Waals surface area (Å²) < 4.78 is 41.6. The van der Waals surface area contributed by atoms with Gasteiger partial charge in [0, 0.05) is 37.0 Å². The van der Waals surface area contributed by atoms with Crippen LogP contribution < -0.4 is 0 Å². The van der Waals surface area contributed by atoms with Crippen LogP contribution in [0.1, 0.15) is 25.3 Å². The van der Waals surface area contributed by atoms with Crippen LogP contribution in [0.5, 0.6) is 0 Å². The molecule has 0 spiro atoms. The van der Waals surface area contributed by atoms with Crippen molar-refractivity contribution in [3.63, 3.8) is 0 Å². The maximum Gasteiger partial charge on any atom is 0.243 e. The number of hydrogen-bond donors (Lipinski definition) is 0. The predicted octanol–water partition coefficient (Wildman–Crippen LogP) is 3.59. The van der Waals surface area contributed by atoms with Gasteiger partial charge in [0.15, 0.2) is 0 Å². The fraction of sp³-hybridized carbons (Fsp3) is 0.412. The molecule has 1 aromatic carbocycles. The summed E-state index contributed by atoms with van der Waals surface area (Å²) in [5, 5.41) is 5.57. The molecule has 26 heavy (non-hydrogen) atoms. The molecule has 0 unspecified atom stereocenters. The Kier molecular flexibility index (Phi) is 4.50.